The smallest absolute Gasteiger partial charge is 0.208 e. The number of aromatic nitrogens is 3. The first-order valence-corrected chi connectivity index (χ1v) is 7.54. The van der Waals surface area contributed by atoms with Gasteiger partial charge in [0.15, 0.2) is 31.3 Å². The second-order valence-electron chi connectivity index (χ2n) is 5.38. The van der Waals surface area contributed by atoms with Crippen LogP contribution in [0, 0.1) is 0 Å². The van der Waals surface area contributed by atoms with E-state index in [9.17, 15) is 0 Å². The van der Waals surface area contributed by atoms with Gasteiger partial charge in [0, 0.05) is 41.5 Å². The molecule has 3 heterocycles. The third kappa shape index (κ3) is 4.47. The fraction of sp³-hybridized carbons (Fsp3) is 0.118. The van der Waals surface area contributed by atoms with Crippen molar-refractivity contribution in [2.45, 2.75) is 13.1 Å². The van der Waals surface area contributed by atoms with Crippen molar-refractivity contribution in [1.29, 1.82) is 0 Å². The van der Waals surface area contributed by atoms with Gasteiger partial charge in [0.1, 0.15) is 5.69 Å². The molecule has 3 aromatic rings. The molecule has 126 valence electrons. The molecule has 8 heteroatoms. The summed E-state index contributed by atoms with van der Waals surface area (Å²) < 4.78 is 9.27. The molecule has 0 amide bonds. The van der Waals surface area contributed by atoms with Gasteiger partial charge in [-0.15, -0.1) is 0 Å². The molecule has 0 bridgehead atoms. The van der Waals surface area contributed by atoms with Gasteiger partial charge >= 0.3 is 0 Å². The minimum atomic E-state index is 0.556. The van der Waals surface area contributed by atoms with Crippen LogP contribution >= 0.6 is 0 Å². The molecule has 25 heavy (non-hydrogen) atoms. The fourth-order valence-corrected chi connectivity index (χ4v) is 2.33. The predicted molar refractivity (Wildman–Crippen MR) is 86.7 cm³/mol. The van der Waals surface area contributed by atoms with Crippen LogP contribution in [0.4, 0.5) is 0 Å². The van der Waals surface area contributed by atoms with E-state index >= 15 is 0 Å². The molecular weight excluding hydrogens is 322 g/mol. The van der Waals surface area contributed by atoms with Gasteiger partial charge in [-0.2, -0.15) is 9.13 Å². The van der Waals surface area contributed by atoms with E-state index in [4.69, 9.17) is 14.9 Å². The summed E-state index contributed by atoms with van der Waals surface area (Å²) in [6, 6.07) is 9.27. The van der Waals surface area contributed by atoms with E-state index < -0.39 is 0 Å². The van der Waals surface area contributed by atoms with E-state index in [0.29, 0.717) is 13.1 Å². The molecule has 0 aliphatic rings. The molecule has 0 aromatic carbocycles. The molecule has 0 saturated heterocycles. The number of rotatable bonds is 6. The Kier molecular flexibility index (Phi) is 5.10. The van der Waals surface area contributed by atoms with Gasteiger partial charge in [-0.3, -0.25) is 0 Å². The largest absolute Gasteiger partial charge is 0.411 e. The van der Waals surface area contributed by atoms with Crippen molar-refractivity contribution in [3.63, 3.8) is 0 Å². The summed E-state index contributed by atoms with van der Waals surface area (Å²) in [7, 11) is 0. The van der Waals surface area contributed by atoms with Crippen LogP contribution in [0.1, 0.15) is 22.6 Å². The van der Waals surface area contributed by atoms with Crippen molar-refractivity contribution in [3.8, 4) is 0 Å². The zero-order valence-electron chi connectivity index (χ0n) is 13.3. The topological polar surface area (TPSA) is 99.0 Å². The van der Waals surface area contributed by atoms with Gasteiger partial charge in [0.2, 0.25) is 12.3 Å². The fourth-order valence-electron chi connectivity index (χ4n) is 2.33. The molecular formula is C17H17N5O3+2. The van der Waals surface area contributed by atoms with Crippen LogP contribution in [0.3, 0.4) is 0 Å². The number of nitrogens with zero attached hydrogens (tertiary/aromatic N) is 5. The van der Waals surface area contributed by atoms with E-state index in [2.05, 4.69) is 15.5 Å². The molecule has 0 aliphatic heterocycles. The number of pyridine rings is 2. The van der Waals surface area contributed by atoms with Crippen molar-refractivity contribution < 1.29 is 24.1 Å². The first-order chi connectivity index (χ1) is 12.3. The van der Waals surface area contributed by atoms with Crippen LogP contribution in [0.25, 0.3) is 0 Å². The lowest BCUT2D eigenvalue weighted by atomic mass is 10.3. The van der Waals surface area contributed by atoms with Gasteiger partial charge in [0.25, 0.3) is 0 Å². The molecule has 0 fully saturated rings. The molecule has 8 nitrogen and oxygen atoms in total. The minimum Gasteiger partial charge on any atom is -0.411 e. The third-order valence-corrected chi connectivity index (χ3v) is 3.54. The summed E-state index contributed by atoms with van der Waals surface area (Å²) in [5, 5.41) is 27.1. The Bertz CT molecular complexity index is 798. The van der Waals surface area contributed by atoms with E-state index in [0.717, 1.165) is 22.6 Å². The van der Waals surface area contributed by atoms with Gasteiger partial charge < -0.3 is 14.9 Å². The van der Waals surface area contributed by atoms with Crippen LogP contribution in [0.5, 0.6) is 0 Å². The van der Waals surface area contributed by atoms with E-state index in [1.165, 1.54) is 12.4 Å². The van der Waals surface area contributed by atoms with Crippen LogP contribution < -0.4 is 9.13 Å². The Morgan fingerprint density at radius 1 is 0.880 bits per heavy atom. The summed E-state index contributed by atoms with van der Waals surface area (Å²) in [6.07, 6.45) is 10.2. The lowest BCUT2D eigenvalue weighted by molar-refractivity contribution is -0.690. The predicted octanol–water partition coefficient (Wildman–Crippen LogP) is 0.962. The van der Waals surface area contributed by atoms with Crippen molar-refractivity contribution in [1.82, 2.24) is 5.16 Å². The maximum absolute atomic E-state index is 8.51. The second-order valence-corrected chi connectivity index (χ2v) is 5.38. The van der Waals surface area contributed by atoms with Crippen molar-refractivity contribution in [3.05, 3.63) is 77.7 Å². The molecule has 0 atom stereocenters. The van der Waals surface area contributed by atoms with Crippen molar-refractivity contribution in [2.75, 3.05) is 0 Å². The van der Waals surface area contributed by atoms with Crippen molar-refractivity contribution in [2.24, 2.45) is 10.3 Å². The Hall–Kier alpha value is -3.55. The summed E-state index contributed by atoms with van der Waals surface area (Å²) >= 11 is 0. The Morgan fingerprint density at radius 3 is 1.92 bits per heavy atom. The van der Waals surface area contributed by atoms with Crippen LogP contribution in [-0.2, 0) is 13.1 Å². The van der Waals surface area contributed by atoms with Crippen LogP contribution in [0.2, 0.25) is 0 Å². The highest BCUT2D eigenvalue weighted by molar-refractivity contribution is 5.78. The zero-order chi connectivity index (χ0) is 17.5. The standard InChI is InChI=1S/C17H15N5O3/c23-18-10-14-1-5-21(6-2-14)12-16-9-17(25-20-16)13-22-7-3-15(4-8-22)11-19-24/h1-11H,12-13H2/p+2. The van der Waals surface area contributed by atoms with Gasteiger partial charge in [-0.05, 0) is 0 Å². The summed E-state index contributed by atoms with van der Waals surface area (Å²) in [5.74, 6) is 0.744. The van der Waals surface area contributed by atoms with E-state index in [-0.39, 0.29) is 0 Å². The van der Waals surface area contributed by atoms with Crippen molar-refractivity contribution >= 4 is 12.4 Å². The normalized spacial score (nSPS) is 11.5. The average molecular weight is 339 g/mol. The molecule has 3 aromatic heterocycles. The Morgan fingerprint density at radius 2 is 1.40 bits per heavy atom. The number of oxime groups is 2. The highest BCUT2D eigenvalue weighted by Gasteiger charge is 2.12. The van der Waals surface area contributed by atoms with E-state index in [1.54, 1.807) is 0 Å². The molecule has 0 unspecified atom stereocenters. The lowest BCUT2D eigenvalue weighted by Crippen LogP contribution is -2.33. The summed E-state index contributed by atoms with van der Waals surface area (Å²) in [5.41, 5.74) is 2.43. The number of hydrogen-bond donors (Lipinski definition) is 2. The van der Waals surface area contributed by atoms with Crippen LogP contribution in [-0.4, -0.2) is 28.0 Å². The maximum Gasteiger partial charge on any atom is 0.208 e. The van der Waals surface area contributed by atoms with E-state index in [1.807, 2.05) is 64.3 Å². The molecule has 0 radical (unpaired) electrons. The first-order valence-electron chi connectivity index (χ1n) is 7.54. The Labute approximate surface area is 143 Å². The summed E-state index contributed by atoms with van der Waals surface area (Å²) in [6.45, 7) is 1.14. The molecule has 2 N–H and O–H groups in total. The lowest BCUT2D eigenvalue weighted by Gasteiger charge is -1.94. The second kappa shape index (κ2) is 7.82. The number of hydrogen-bond acceptors (Lipinski definition) is 6. The SMILES string of the molecule is O/N=C/c1cc[n+](Cc2cc(C[n+]3ccc(/C=N/O)cc3)on2)cc1. The molecule has 0 aliphatic carbocycles. The average Bonchev–Trinajstić information content (AvgIpc) is 3.06. The maximum atomic E-state index is 8.51. The quantitative estimate of drug-likeness (QED) is 0.302. The highest BCUT2D eigenvalue weighted by atomic mass is 16.5. The summed E-state index contributed by atoms with van der Waals surface area (Å²) in [4.78, 5) is 0. The van der Waals surface area contributed by atoms with Gasteiger partial charge in [-0.25, -0.2) is 0 Å². The monoisotopic (exact) mass is 339 g/mol. The first kappa shape index (κ1) is 16.3. The van der Waals surface area contributed by atoms with Gasteiger partial charge in [0.05, 0.1) is 12.4 Å². The van der Waals surface area contributed by atoms with Gasteiger partial charge in [-0.1, -0.05) is 15.5 Å². The molecule has 3 rings (SSSR count). The van der Waals surface area contributed by atoms with Crippen LogP contribution in [0.15, 0.2) is 70.0 Å². The highest BCUT2D eigenvalue weighted by Crippen LogP contribution is 2.03. The zero-order valence-corrected chi connectivity index (χ0v) is 13.3. The Balaban J connectivity index is 1.63. The molecule has 0 spiro atoms. The third-order valence-electron chi connectivity index (χ3n) is 3.54. The minimum absolute atomic E-state index is 0.556. The molecule has 0 saturated carbocycles.